The maximum Gasteiger partial charge on any atom is 0.227 e. The molecule has 24 heavy (non-hydrogen) atoms. The van der Waals surface area contributed by atoms with Crippen LogP contribution in [0, 0.1) is 5.82 Å². The number of hydrogen-bond donors (Lipinski definition) is 1. The number of hydrogen-bond acceptors (Lipinski definition) is 5. The quantitative estimate of drug-likeness (QED) is 0.792. The van der Waals surface area contributed by atoms with Gasteiger partial charge in [-0.1, -0.05) is 0 Å². The van der Waals surface area contributed by atoms with E-state index in [2.05, 4.69) is 15.3 Å². The SMILES string of the molecule is O=C1C[C@@H](c2ccco2)Cc2nc(Nc3ccc(F)cc3)ncc21. The number of nitrogens with one attached hydrogen (secondary N) is 1. The first kappa shape index (κ1) is 14.6. The predicted molar refractivity (Wildman–Crippen MR) is 85.8 cm³/mol. The number of furan rings is 1. The predicted octanol–water partition coefficient (Wildman–Crippen LogP) is 3.87. The number of nitrogens with zero attached hydrogens (tertiary/aromatic N) is 2. The van der Waals surface area contributed by atoms with Gasteiger partial charge in [-0.3, -0.25) is 4.79 Å². The molecule has 3 aromatic rings. The number of benzene rings is 1. The third-order valence-electron chi connectivity index (χ3n) is 4.09. The number of halogens is 1. The van der Waals surface area contributed by atoms with Crippen LogP contribution in [0.3, 0.4) is 0 Å². The van der Waals surface area contributed by atoms with E-state index in [4.69, 9.17) is 4.42 Å². The molecule has 6 heteroatoms. The highest BCUT2D eigenvalue weighted by Gasteiger charge is 2.29. The highest BCUT2D eigenvalue weighted by molar-refractivity contribution is 5.98. The van der Waals surface area contributed by atoms with E-state index in [9.17, 15) is 9.18 Å². The highest BCUT2D eigenvalue weighted by atomic mass is 19.1. The van der Waals surface area contributed by atoms with Crippen molar-refractivity contribution in [1.82, 2.24) is 9.97 Å². The smallest absolute Gasteiger partial charge is 0.227 e. The van der Waals surface area contributed by atoms with Crippen LogP contribution < -0.4 is 5.32 Å². The fourth-order valence-electron chi connectivity index (χ4n) is 2.89. The number of ketones is 1. The first-order chi connectivity index (χ1) is 11.7. The molecule has 1 aromatic carbocycles. The summed E-state index contributed by atoms with van der Waals surface area (Å²) in [5.74, 6) is 0.882. The Bertz CT molecular complexity index is 876. The summed E-state index contributed by atoms with van der Waals surface area (Å²) in [6.45, 7) is 0. The lowest BCUT2D eigenvalue weighted by Crippen LogP contribution is -2.20. The summed E-state index contributed by atoms with van der Waals surface area (Å²) in [7, 11) is 0. The van der Waals surface area contributed by atoms with Crippen LogP contribution in [-0.2, 0) is 6.42 Å². The number of fused-ring (bicyclic) bond motifs is 1. The lowest BCUT2D eigenvalue weighted by molar-refractivity contribution is 0.0958. The van der Waals surface area contributed by atoms with E-state index in [1.807, 2.05) is 12.1 Å². The molecule has 0 aliphatic heterocycles. The molecule has 1 N–H and O–H groups in total. The van der Waals surface area contributed by atoms with Crippen LogP contribution >= 0.6 is 0 Å². The summed E-state index contributed by atoms with van der Waals surface area (Å²) in [5.41, 5.74) is 1.94. The fraction of sp³-hybridized carbons (Fsp3) is 0.167. The van der Waals surface area contributed by atoms with Crippen LogP contribution in [0.2, 0.25) is 0 Å². The summed E-state index contributed by atoms with van der Waals surface area (Å²) in [6, 6.07) is 9.62. The van der Waals surface area contributed by atoms with Gasteiger partial charge in [0.25, 0.3) is 0 Å². The molecule has 2 aromatic heterocycles. The molecule has 1 aliphatic rings. The maximum atomic E-state index is 13.0. The van der Waals surface area contributed by atoms with Gasteiger partial charge in [0.2, 0.25) is 5.95 Å². The standard InChI is InChI=1S/C18H14FN3O2/c19-12-3-5-13(6-4-12)21-18-20-10-14-15(22-18)8-11(9-16(14)23)17-2-1-7-24-17/h1-7,10-11H,8-9H2,(H,20,21,22)/t11-/m0/s1. The molecule has 0 saturated carbocycles. The average Bonchev–Trinajstić information content (AvgIpc) is 3.11. The molecular weight excluding hydrogens is 309 g/mol. The molecule has 0 spiro atoms. The second-order valence-electron chi connectivity index (χ2n) is 5.73. The van der Waals surface area contributed by atoms with Gasteiger partial charge in [-0.25, -0.2) is 14.4 Å². The molecular formula is C18H14FN3O2. The third-order valence-corrected chi connectivity index (χ3v) is 4.09. The normalized spacial score (nSPS) is 16.7. The highest BCUT2D eigenvalue weighted by Crippen LogP contribution is 2.32. The lowest BCUT2D eigenvalue weighted by Gasteiger charge is -2.21. The van der Waals surface area contributed by atoms with Crippen molar-refractivity contribution in [3.63, 3.8) is 0 Å². The van der Waals surface area contributed by atoms with Crippen molar-refractivity contribution in [1.29, 1.82) is 0 Å². The number of carbonyl (C=O) groups is 1. The van der Waals surface area contributed by atoms with Crippen LogP contribution in [0.1, 0.15) is 34.2 Å². The number of anilines is 2. The van der Waals surface area contributed by atoms with Crippen molar-refractivity contribution in [2.45, 2.75) is 18.8 Å². The van der Waals surface area contributed by atoms with Gasteiger partial charge >= 0.3 is 0 Å². The first-order valence-electron chi connectivity index (χ1n) is 7.64. The monoisotopic (exact) mass is 323 g/mol. The summed E-state index contributed by atoms with van der Waals surface area (Å²) in [5, 5.41) is 3.02. The first-order valence-corrected chi connectivity index (χ1v) is 7.64. The zero-order valence-electron chi connectivity index (χ0n) is 12.7. The van der Waals surface area contributed by atoms with Gasteiger partial charge in [-0.05, 0) is 36.4 Å². The second kappa shape index (κ2) is 5.88. The molecule has 1 aliphatic carbocycles. The minimum absolute atomic E-state index is 0.00595. The van der Waals surface area contributed by atoms with Crippen molar-refractivity contribution in [3.8, 4) is 0 Å². The van der Waals surface area contributed by atoms with Crippen molar-refractivity contribution in [2.24, 2.45) is 0 Å². The van der Waals surface area contributed by atoms with Gasteiger partial charge in [-0.15, -0.1) is 0 Å². The zero-order chi connectivity index (χ0) is 16.5. The molecule has 0 unspecified atom stereocenters. The molecule has 0 radical (unpaired) electrons. The van der Waals surface area contributed by atoms with Gasteiger partial charge in [-0.2, -0.15) is 0 Å². The summed E-state index contributed by atoms with van der Waals surface area (Å²) in [6.07, 6.45) is 4.18. The molecule has 4 rings (SSSR count). The van der Waals surface area contributed by atoms with E-state index in [0.717, 1.165) is 5.76 Å². The molecule has 5 nitrogen and oxygen atoms in total. The van der Waals surface area contributed by atoms with E-state index in [-0.39, 0.29) is 17.5 Å². The summed E-state index contributed by atoms with van der Waals surface area (Å²) < 4.78 is 18.4. The van der Waals surface area contributed by atoms with Crippen molar-refractivity contribution in [2.75, 3.05) is 5.32 Å². The van der Waals surface area contributed by atoms with Crippen LogP contribution in [0.5, 0.6) is 0 Å². The Morgan fingerprint density at radius 1 is 1.17 bits per heavy atom. The molecule has 0 amide bonds. The fourth-order valence-corrected chi connectivity index (χ4v) is 2.89. The maximum absolute atomic E-state index is 13.0. The summed E-state index contributed by atoms with van der Waals surface area (Å²) >= 11 is 0. The molecule has 1 atom stereocenters. The Balaban J connectivity index is 1.61. The molecule has 0 bridgehead atoms. The largest absolute Gasteiger partial charge is 0.469 e. The van der Waals surface area contributed by atoms with Crippen LogP contribution in [0.15, 0.2) is 53.3 Å². The van der Waals surface area contributed by atoms with Gasteiger partial charge in [0, 0.05) is 30.6 Å². The minimum atomic E-state index is -0.307. The lowest BCUT2D eigenvalue weighted by atomic mass is 9.85. The zero-order valence-corrected chi connectivity index (χ0v) is 12.7. The number of Topliss-reactive ketones (excluding diaryl/α,β-unsaturated/α-hetero) is 1. The third kappa shape index (κ3) is 2.78. The van der Waals surface area contributed by atoms with E-state index >= 15 is 0 Å². The van der Waals surface area contributed by atoms with E-state index in [1.54, 1.807) is 24.6 Å². The Morgan fingerprint density at radius 3 is 2.75 bits per heavy atom. The Kier molecular flexibility index (Phi) is 3.57. The van der Waals surface area contributed by atoms with Crippen LogP contribution in [-0.4, -0.2) is 15.8 Å². The Morgan fingerprint density at radius 2 is 2.00 bits per heavy atom. The summed E-state index contributed by atoms with van der Waals surface area (Å²) in [4.78, 5) is 21.0. The van der Waals surface area contributed by atoms with E-state index in [0.29, 0.717) is 35.7 Å². The van der Waals surface area contributed by atoms with Gasteiger partial charge < -0.3 is 9.73 Å². The average molecular weight is 323 g/mol. The van der Waals surface area contributed by atoms with Crippen molar-refractivity contribution >= 4 is 17.4 Å². The second-order valence-corrected chi connectivity index (χ2v) is 5.73. The number of rotatable bonds is 3. The van der Waals surface area contributed by atoms with Crippen LogP contribution in [0.4, 0.5) is 16.0 Å². The topological polar surface area (TPSA) is 68.0 Å². The molecule has 120 valence electrons. The Labute approximate surface area is 137 Å². The molecule has 0 fully saturated rings. The molecule has 0 saturated heterocycles. The number of aromatic nitrogens is 2. The number of carbonyl (C=O) groups excluding carboxylic acids is 1. The van der Waals surface area contributed by atoms with Crippen molar-refractivity contribution in [3.05, 3.63) is 71.7 Å². The van der Waals surface area contributed by atoms with Crippen molar-refractivity contribution < 1.29 is 13.6 Å². The van der Waals surface area contributed by atoms with Crippen LogP contribution in [0.25, 0.3) is 0 Å². The van der Waals surface area contributed by atoms with E-state index < -0.39 is 0 Å². The van der Waals surface area contributed by atoms with Gasteiger partial charge in [0.05, 0.1) is 17.5 Å². The van der Waals surface area contributed by atoms with E-state index in [1.165, 1.54) is 12.1 Å². The van der Waals surface area contributed by atoms with Gasteiger partial charge in [0.1, 0.15) is 11.6 Å². The van der Waals surface area contributed by atoms with Gasteiger partial charge in [0.15, 0.2) is 5.78 Å². The molecule has 2 heterocycles. The Hall–Kier alpha value is -3.02. The minimum Gasteiger partial charge on any atom is -0.469 e.